The normalized spacial score (nSPS) is 22.9. The lowest BCUT2D eigenvalue weighted by molar-refractivity contribution is -0.120. The topological polar surface area (TPSA) is 89.3 Å². The molecule has 110 valence electrons. The first-order valence-corrected chi connectivity index (χ1v) is 8.52. The molecule has 0 aliphatic carbocycles. The van der Waals surface area contributed by atoms with Crippen LogP contribution >= 0.6 is 0 Å². The lowest BCUT2D eigenvalue weighted by atomic mass is 10.1. The number of benzene rings is 1. The van der Waals surface area contributed by atoms with Gasteiger partial charge in [0.15, 0.2) is 9.84 Å². The van der Waals surface area contributed by atoms with Crippen LogP contribution in [0.3, 0.4) is 0 Å². The molecular weight excluding hydrogens is 276 g/mol. The van der Waals surface area contributed by atoms with E-state index in [0.717, 1.165) is 12.0 Å². The van der Waals surface area contributed by atoms with Crippen molar-refractivity contribution < 1.29 is 13.2 Å². The summed E-state index contributed by atoms with van der Waals surface area (Å²) < 4.78 is 23.7. The quantitative estimate of drug-likeness (QED) is 0.859. The number of carbonyl (C=O) groups is 1. The molecule has 1 aromatic carbocycles. The van der Waals surface area contributed by atoms with Crippen LogP contribution in [0.2, 0.25) is 0 Å². The van der Waals surface area contributed by atoms with Gasteiger partial charge in [0.05, 0.1) is 5.75 Å². The Balaban J connectivity index is 1.92. The number of sulfone groups is 1. The van der Waals surface area contributed by atoms with E-state index in [1.54, 1.807) is 0 Å². The van der Waals surface area contributed by atoms with Crippen LogP contribution in [0.1, 0.15) is 30.9 Å². The summed E-state index contributed by atoms with van der Waals surface area (Å²) in [4.78, 5) is 12.0. The van der Waals surface area contributed by atoms with Gasteiger partial charge in [-0.1, -0.05) is 36.8 Å². The van der Waals surface area contributed by atoms with Gasteiger partial charge in [0.2, 0.25) is 5.91 Å². The molecule has 2 atom stereocenters. The maximum absolute atomic E-state index is 12.0. The van der Waals surface area contributed by atoms with Crippen molar-refractivity contribution in [2.45, 2.75) is 30.6 Å². The molecule has 1 saturated heterocycles. The maximum Gasteiger partial charge on any atom is 0.238 e. The van der Waals surface area contributed by atoms with E-state index < -0.39 is 21.0 Å². The standard InChI is InChI=1S/C14H20N2O3S/c15-12(11-6-2-1-3-7-11)10-16-14(17)13-8-4-5-9-20(13,18)19/h1-3,6-7,12-13H,4-5,8-10,15H2,(H,16,17). The van der Waals surface area contributed by atoms with Crippen molar-refractivity contribution in [3.8, 4) is 0 Å². The predicted molar refractivity (Wildman–Crippen MR) is 77.8 cm³/mol. The Morgan fingerprint density at radius 3 is 2.65 bits per heavy atom. The Kier molecular flexibility index (Phi) is 4.77. The highest BCUT2D eigenvalue weighted by atomic mass is 32.2. The van der Waals surface area contributed by atoms with Gasteiger partial charge < -0.3 is 11.1 Å². The minimum Gasteiger partial charge on any atom is -0.353 e. The number of nitrogens with two attached hydrogens (primary N) is 1. The molecule has 1 amide bonds. The Hall–Kier alpha value is -1.40. The second kappa shape index (κ2) is 6.37. The van der Waals surface area contributed by atoms with Gasteiger partial charge in [-0.25, -0.2) is 8.42 Å². The molecule has 0 spiro atoms. The molecule has 0 bridgehead atoms. The monoisotopic (exact) mass is 296 g/mol. The summed E-state index contributed by atoms with van der Waals surface area (Å²) in [5.41, 5.74) is 6.89. The molecule has 1 aromatic rings. The lowest BCUT2D eigenvalue weighted by Crippen LogP contribution is -2.44. The van der Waals surface area contributed by atoms with Gasteiger partial charge in [0.1, 0.15) is 5.25 Å². The number of amides is 1. The van der Waals surface area contributed by atoms with Gasteiger partial charge in [0, 0.05) is 12.6 Å². The van der Waals surface area contributed by atoms with Crippen molar-refractivity contribution in [2.24, 2.45) is 5.73 Å². The molecule has 3 N–H and O–H groups in total. The molecule has 6 heteroatoms. The molecule has 1 aliphatic rings. The van der Waals surface area contributed by atoms with E-state index in [-0.39, 0.29) is 18.3 Å². The van der Waals surface area contributed by atoms with Crippen molar-refractivity contribution >= 4 is 15.7 Å². The summed E-state index contributed by atoms with van der Waals surface area (Å²) >= 11 is 0. The van der Waals surface area contributed by atoms with Crippen molar-refractivity contribution in [3.63, 3.8) is 0 Å². The highest BCUT2D eigenvalue weighted by Gasteiger charge is 2.34. The van der Waals surface area contributed by atoms with Crippen LogP contribution in [0, 0.1) is 0 Å². The second-order valence-electron chi connectivity index (χ2n) is 5.11. The van der Waals surface area contributed by atoms with Gasteiger partial charge in [0.25, 0.3) is 0 Å². The Morgan fingerprint density at radius 2 is 2.00 bits per heavy atom. The average molecular weight is 296 g/mol. The van der Waals surface area contributed by atoms with Gasteiger partial charge in [-0.15, -0.1) is 0 Å². The van der Waals surface area contributed by atoms with Crippen molar-refractivity contribution in [3.05, 3.63) is 35.9 Å². The van der Waals surface area contributed by atoms with Gasteiger partial charge in [-0.05, 0) is 18.4 Å². The molecule has 0 aromatic heterocycles. The zero-order valence-electron chi connectivity index (χ0n) is 11.3. The molecule has 2 rings (SSSR count). The van der Waals surface area contributed by atoms with Gasteiger partial charge in [-0.3, -0.25) is 4.79 Å². The first-order valence-electron chi connectivity index (χ1n) is 6.80. The Labute approximate surface area is 119 Å². The minimum atomic E-state index is -3.29. The molecule has 0 saturated carbocycles. The third kappa shape index (κ3) is 3.58. The molecular formula is C14H20N2O3S. The van der Waals surface area contributed by atoms with E-state index in [2.05, 4.69) is 5.32 Å². The zero-order valence-corrected chi connectivity index (χ0v) is 12.1. The molecule has 20 heavy (non-hydrogen) atoms. The fourth-order valence-electron chi connectivity index (χ4n) is 2.39. The molecule has 2 unspecified atom stereocenters. The van der Waals surface area contributed by atoms with Crippen LogP contribution in [0.15, 0.2) is 30.3 Å². The smallest absolute Gasteiger partial charge is 0.238 e. The van der Waals surface area contributed by atoms with Crippen LogP contribution in [0.4, 0.5) is 0 Å². The zero-order chi connectivity index (χ0) is 14.6. The molecule has 1 heterocycles. The van der Waals surface area contributed by atoms with Crippen LogP contribution in [-0.4, -0.2) is 31.9 Å². The van der Waals surface area contributed by atoms with E-state index >= 15 is 0 Å². The number of nitrogens with one attached hydrogen (secondary N) is 1. The van der Waals surface area contributed by atoms with Gasteiger partial charge >= 0.3 is 0 Å². The van der Waals surface area contributed by atoms with Crippen molar-refractivity contribution in [1.29, 1.82) is 0 Å². The van der Waals surface area contributed by atoms with Crippen LogP contribution in [-0.2, 0) is 14.6 Å². The number of hydrogen-bond acceptors (Lipinski definition) is 4. The SMILES string of the molecule is NC(CNC(=O)C1CCCCS1(=O)=O)c1ccccc1. The summed E-state index contributed by atoms with van der Waals surface area (Å²) in [5.74, 6) is -0.313. The summed E-state index contributed by atoms with van der Waals surface area (Å²) in [5, 5.41) is 1.76. The fraction of sp³-hybridized carbons (Fsp3) is 0.500. The van der Waals surface area contributed by atoms with Crippen molar-refractivity contribution in [1.82, 2.24) is 5.32 Å². The van der Waals surface area contributed by atoms with E-state index in [0.29, 0.717) is 12.8 Å². The third-order valence-electron chi connectivity index (χ3n) is 3.60. The molecule has 0 radical (unpaired) electrons. The highest BCUT2D eigenvalue weighted by molar-refractivity contribution is 7.92. The molecule has 1 fully saturated rings. The minimum absolute atomic E-state index is 0.107. The van der Waals surface area contributed by atoms with Crippen LogP contribution < -0.4 is 11.1 Å². The highest BCUT2D eigenvalue weighted by Crippen LogP contribution is 2.19. The third-order valence-corrected chi connectivity index (χ3v) is 5.77. The van der Waals surface area contributed by atoms with Crippen molar-refractivity contribution in [2.75, 3.05) is 12.3 Å². The largest absolute Gasteiger partial charge is 0.353 e. The number of hydrogen-bond donors (Lipinski definition) is 2. The molecule has 5 nitrogen and oxygen atoms in total. The first kappa shape index (κ1) is 15.0. The average Bonchev–Trinajstić information content (AvgIpc) is 2.45. The van der Waals surface area contributed by atoms with Crippen LogP contribution in [0.5, 0.6) is 0 Å². The molecule has 1 aliphatic heterocycles. The number of carbonyl (C=O) groups excluding carboxylic acids is 1. The summed E-state index contributed by atoms with van der Waals surface area (Å²) in [6, 6.07) is 9.09. The Bertz CT molecular complexity index is 557. The fourth-order valence-corrected chi connectivity index (χ4v) is 4.22. The van der Waals surface area contributed by atoms with Gasteiger partial charge in [-0.2, -0.15) is 0 Å². The maximum atomic E-state index is 12.0. The summed E-state index contributed by atoms with van der Waals surface area (Å²) in [6.07, 6.45) is 1.84. The van der Waals surface area contributed by atoms with E-state index in [1.165, 1.54) is 0 Å². The van der Waals surface area contributed by atoms with E-state index in [1.807, 2.05) is 30.3 Å². The summed E-state index contributed by atoms with van der Waals surface area (Å²) in [7, 11) is -3.29. The number of rotatable bonds is 4. The Morgan fingerprint density at radius 1 is 1.30 bits per heavy atom. The van der Waals surface area contributed by atoms with Crippen LogP contribution in [0.25, 0.3) is 0 Å². The predicted octanol–water partition coefficient (Wildman–Crippen LogP) is 0.770. The van der Waals surface area contributed by atoms with E-state index in [9.17, 15) is 13.2 Å². The first-order chi connectivity index (χ1) is 9.50. The summed E-state index contributed by atoms with van der Waals surface area (Å²) in [6.45, 7) is 0.245. The lowest BCUT2D eigenvalue weighted by Gasteiger charge is -2.22. The van der Waals surface area contributed by atoms with E-state index in [4.69, 9.17) is 5.73 Å². The second-order valence-corrected chi connectivity index (χ2v) is 7.42.